The molecule has 0 spiro atoms. The number of sulfonamides is 1. The Labute approximate surface area is 167 Å². The summed E-state index contributed by atoms with van der Waals surface area (Å²) in [5.41, 5.74) is 0. The van der Waals surface area contributed by atoms with Crippen LogP contribution in [0.2, 0.25) is 10.0 Å². The highest BCUT2D eigenvalue weighted by atomic mass is 35.5. The van der Waals surface area contributed by atoms with Gasteiger partial charge in [-0.2, -0.15) is 0 Å². The van der Waals surface area contributed by atoms with E-state index in [0.717, 1.165) is 35.6 Å². The molecule has 0 saturated carbocycles. The summed E-state index contributed by atoms with van der Waals surface area (Å²) in [7, 11) is -3.23. The fourth-order valence-corrected chi connectivity index (χ4v) is 5.52. The van der Waals surface area contributed by atoms with Crippen LogP contribution >= 0.6 is 34.5 Å². The molecule has 1 aromatic heterocycles. The minimum Gasteiger partial charge on any atom is -0.335 e. The van der Waals surface area contributed by atoms with Crippen molar-refractivity contribution < 1.29 is 13.2 Å². The third kappa shape index (κ3) is 4.51. The second-order valence-corrected chi connectivity index (χ2v) is 10.2. The van der Waals surface area contributed by atoms with Gasteiger partial charge in [0, 0.05) is 34.2 Å². The lowest BCUT2D eigenvalue weighted by Crippen LogP contribution is -2.45. The van der Waals surface area contributed by atoms with E-state index in [0.29, 0.717) is 34.4 Å². The molecule has 1 N–H and O–H groups in total. The third-order valence-corrected chi connectivity index (χ3v) is 7.12. The molecule has 1 aliphatic heterocycles. The van der Waals surface area contributed by atoms with Crippen molar-refractivity contribution in [1.82, 2.24) is 9.62 Å². The summed E-state index contributed by atoms with van der Waals surface area (Å²) >= 11 is 13.9. The molecule has 26 heavy (non-hydrogen) atoms. The van der Waals surface area contributed by atoms with E-state index in [1.165, 1.54) is 11.3 Å². The van der Waals surface area contributed by atoms with Crippen molar-refractivity contribution in [3.63, 3.8) is 0 Å². The second kappa shape index (κ2) is 8.02. The summed E-state index contributed by atoms with van der Waals surface area (Å²) in [5, 5.41) is 1.90. The van der Waals surface area contributed by atoms with E-state index in [1.807, 2.05) is 17.0 Å². The zero-order valence-electron chi connectivity index (χ0n) is 14.3. The normalized spacial score (nSPS) is 18.4. The number of nitrogens with zero attached hydrogens (tertiary/aromatic N) is 1. The summed E-state index contributed by atoms with van der Waals surface area (Å²) in [4.78, 5) is 15.5. The molecule has 9 heteroatoms. The lowest BCUT2D eigenvalue weighted by molar-refractivity contribution is 0.0609. The molecule has 1 aliphatic rings. The molecule has 1 amide bonds. The first-order valence-corrected chi connectivity index (χ1v) is 11.9. The summed E-state index contributed by atoms with van der Waals surface area (Å²) in [6, 6.07) is 5.41. The van der Waals surface area contributed by atoms with Gasteiger partial charge in [-0.1, -0.05) is 29.3 Å². The lowest BCUT2D eigenvalue weighted by Gasteiger charge is -2.35. The Morgan fingerprint density at radius 3 is 2.85 bits per heavy atom. The number of amides is 1. The number of benzene rings is 1. The van der Waals surface area contributed by atoms with Crippen LogP contribution in [0.1, 0.15) is 35.4 Å². The Morgan fingerprint density at radius 2 is 2.12 bits per heavy atom. The smallest absolute Gasteiger partial charge is 0.265 e. The van der Waals surface area contributed by atoms with Gasteiger partial charge in [-0.05, 0) is 37.8 Å². The molecule has 142 valence electrons. The molecule has 0 bridgehead atoms. The van der Waals surface area contributed by atoms with E-state index in [-0.39, 0.29) is 11.9 Å². The second-order valence-electron chi connectivity index (χ2n) is 6.49. The molecule has 1 saturated heterocycles. The maximum absolute atomic E-state index is 13.1. The van der Waals surface area contributed by atoms with Gasteiger partial charge in [-0.3, -0.25) is 4.79 Å². The van der Waals surface area contributed by atoms with E-state index in [4.69, 9.17) is 23.2 Å². The predicted molar refractivity (Wildman–Crippen MR) is 108 cm³/mol. The number of likely N-dealkylation sites (tertiary alicyclic amines) is 1. The van der Waals surface area contributed by atoms with Gasteiger partial charge in [-0.25, -0.2) is 13.1 Å². The average molecular weight is 435 g/mol. The fourth-order valence-electron chi connectivity index (χ4n) is 3.29. The van der Waals surface area contributed by atoms with Crippen molar-refractivity contribution in [3.8, 4) is 0 Å². The number of hydrogen-bond acceptors (Lipinski definition) is 4. The molecule has 0 aliphatic carbocycles. The number of carbonyl (C=O) groups excluding carboxylic acids is 1. The van der Waals surface area contributed by atoms with Crippen LogP contribution < -0.4 is 4.72 Å². The number of thiophene rings is 1. The van der Waals surface area contributed by atoms with Gasteiger partial charge in [0.2, 0.25) is 10.0 Å². The SMILES string of the molecule is CS(=O)(=O)NCC[C@H]1CCCCN1C(=O)c1sc2cc(Cl)ccc2c1Cl. The maximum atomic E-state index is 13.1. The van der Waals surface area contributed by atoms with Crippen molar-refractivity contribution in [2.75, 3.05) is 19.3 Å². The van der Waals surface area contributed by atoms with Gasteiger partial charge in [0.25, 0.3) is 5.91 Å². The molecule has 0 radical (unpaired) electrons. The van der Waals surface area contributed by atoms with Crippen molar-refractivity contribution in [2.24, 2.45) is 0 Å². The molecule has 0 unspecified atom stereocenters. The summed E-state index contributed by atoms with van der Waals surface area (Å²) in [5.74, 6) is -0.0867. The van der Waals surface area contributed by atoms with Gasteiger partial charge in [0.1, 0.15) is 4.88 Å². The molecule has 1 aromatic carbocycles. The number of nitrogens with one attached hydrogen (secondary N) is 1. The molecule has 2 heterocycles. The third-order valence-electron chi connectivity index (χ3n) is 4.52. The van der Waals surface area contributed by atoms with Crippen molar-refractivity contribution in [1.29, 1.82) is 0 Å². The summed E-state index contributed by atoms with van der Waals surface area (Å²) in [6.45, 7) is 0.983. The summed E-state index contributed by atoms with van der Waals surface area (Å²) < 4.78 is 25.9. The minimum absolute atomic E-state index is 0.00960. The standard InChI is InChI=1S/C17H20Cl2N2O3S2/c1-26(23,24)20-8-7-12-4-2-3-9-21(12)17(22)16-15(19)13-6-5-11(18)10-14(13)25-16/h5-6,10,12,20H,2-4,7-9H2,1H3/t12-/m1/s1. The molecule has 1 fully saturated rings. The number of carbonyl (C=O) groups is 1. The van der Waals surface area contributed by atoms with E-state index in [2.05, 4.69) is 4.72 Å². The van der Waals surface area contributed by atoms with Gasteiger partial charge in [-0.15, -0.1) is 11.3 Å². The quantitative estimate of drug-likeness (QED) is 0.768. The zero-order chi connectivity index (χ0) is 18.9. The van der Waals surface area contributed by atoms with Crippen LogP contribution in [-0.2, 0) is 10.0 Å². The Hall–Kier alpha value is -0.860. The van der Waals surface area contributed by atoms with Crippen molar-refractivity contribution in [2.45, 2.75) is 31.7 Å². The van der Waals surface area contributed by atoms with E-state index in [9.17, 15) is 13.2 Å². The van der Waals surface area contributed by atoms with Crippen LogP contribution in [0.25, 0.3) is 10.1 Å². The Morgan fingerprint density at radius 1 is 1.35 bits per heavy atom. The van der Waals surface area contributed by atoms with E-state index >= 15 is 0 Å². The highest BCUT2D eigenvalue weighted by molar-refractivity contribution is 7.88. The number of fused-ring (bicyclic) bond motifs is 1. The van der Waals surface area contributed by atoms with E-state index < -0.39 is 10.0 Å². The van der Waals surface area contributed by atoms with Crippen LogP contribution in [-0.4, -0.2) is 44.6 Å². The first-order chi connectivity index (χ1) is 12.3. The first kappa shape index (κ1) is 19.9. The lowest BCUT2D eigenvalue weighted by atomic mass is 9.99. The van der Waals surface area contributed by atoms with E-state index in [1.54, 1.807) is 6.07 Å². The summed E-state index contributed by atoms with van der Waals surface area (Å²) in [6.07, 6.45) is 4.57. The fraction of sp³-hybridized carbons (Fsp3) is 0.471. The molecule has 1 atom stereocenters. The van der Waals surface area contributed by atoms with Gasteiger partial charge in [0.05, 0.1) is 11.3 Å². The van der Waals surface area contributed by atoms with Gasteiger partial charge < -0.3 is 4.90 Å². The molecule has 5 nitrogen and oxygen atoms in total. The Kier molecular flexibility index (Phi) is 6.14. The predicted octanol–water partition coefficient (Wildman–Crippen LogP) is 4.14. The molecule has 3 rings (SSSR count). The maximum Gasteiger partial charge on any atom is 0.265 e. The average Bonchev–Trinajstić information content (AvgIpc) is 2.89. The van der Waals surface area contributed by atoms with Gasteiger partial charge in [0.15, 0.2) is 0 Å². The number of piperidine rings is 1. The van der Waals surface area contributed by atoms with Crippen molar-refractivity contribution >= 4 is 60.6 Å². The monoisotopic (exact) mass is 434 g/mol. The number of hydrogen-bond donors (Lipinski definition) is 1. The van der Waals surface area contributed by atoms with Crippen LogP contribution in [0.5, 0.6) is 0 Å². The first-order valence-electron chi connectivity index (χ1n) is 8.39. The van der Waals surface area contributed by atoms with Crippen LogP contribution in [0.15, 0.2) is 18.2 Å². The van der Waals surface area contributed by atoms with Crippen molar-refractivity contribution in [3.05, 3.63) is 33.1 Å². The Balaban J connectivity index is 1.81. The molecular weight excluding hydrogens is 415 g/mol. The highest BCUT2D eigenvalue weighted by Gasteiger charge is 2.30. The minimum atomic E-state index is -3.23. The Bertz CT molecular complexity index is 927. The zero-order valence-corrected chi connectivity index (χ0v) is 17.4. The highest BCUT2D eigenvalue weighted by Crippen LogP contribution is 2.38. The van der Waals surface area contributed by atoms with Gasteiger partial charge >= 0.3 is 0 Å². The van der Waals surface area contributed by atoms with Crippen LogP contribution in [0, 0.1) is 0 Å². The largest absolute Gasteiger partial charge is 0.335 e. The van der Waals surface area contributed by atoms with Crippen LogP contribution in [0.3, 0.4) is 0 Å². The molecule has 2 aromatic rings. The van der Waals surface area contributed by atoms with Crippen LogP contribution in [0.4, 0.5) is 0 Å². The number of halogens is 2. The molecular formula is C17H20Cl2N2O3S2. The number of rotatable bonds is 5. The topological polar surface area (TPSA) is 66.5 Å².